The molecule has 0 unspecified atom stereocenters. The molecule has 132 valence electrons. The van der Waals surface area contributed by atoms with Gasteiger partial charge in [0, 0.05) is 5.56 Å². The molecule has 0 spiro atoms. The number of hydrogen-bond acceptors (Lipinski definition) is 4. The van der Waals surface area contributed by atoms with Crippen LogP contribution in [0.3, 0.4) is 0 Å². The normalized spacial score (nSPS) is 10.2. The van der Waals surface area contributed by atoms with Crippen LogP contribution in [-0.2, 0) is 11.3 Å². The Morgan fingerprint density at radius 3 is 2.38 bits per heavy atom. The SMILES string of the molecule is COc1ccc(C)cc1COC(=O)c1ccccc1Oc1ccccc1. The summed E-state index contributed by atoms with van der Waals surface area (Å²) in [5.74, 6) is 1.37. The number of benzene rings is 3. The fraction of sp³-hybridized carbons (Fsp3) is 0.136. The van der Waals surface area contributed by atoms with Gasteiger partial charge in [-0.15, -0.1) is 0 Å². The minimum Gasteiger partial charge on any atom is -0.496 e. The molecule has 0 amide bonds. The van der Waals surface area contributed by atoms with E-state index in [0.717, 1.165) is 11.1 Å². The van der Waals surface area contributed by atoms with E-state index in [9.17, 15) is 4.79 Å². The number of carbonyl (C=O) groups is 1. The van der Waals surface area contributed by atoms with Crippen LogP contribution in [0, 0.1) is 6.92 Å². The van der Waals surface area contributed by atoms with Crippen molar-refractivity contribution in [1.82, 2.24) is 0 Å². The molecule has 0 aliphatic heterocycles. The monoisotopic (exact) mass is 348 g/mol. The predicted molar refractivity (Wildman–Crippen MR) is 99.8 cm³/mol. The molecule has 0 aromatic heterocycles. The highest BCUT2D eigenvalue weighted by Crippen LogP contribution is 2.26. The van der Waals surface area contributed by atoms with Gasteiger partial charge in [-0.05, 0) is 43.3 Å². The van der Waals surface area contributed by atoms with Crippen molar-refractivity contribution in [3.05, 3.63) is 89.5 Å². The van der Waals surface area contributed by atoms with Crippen LogP contribution in [0.1, 0.15) is 21.5 Å². The van der Waals surface area contributed by atoms with Crippen molar-refractivity contribution < 1.29 is 19.0 Å². The minimum absolute atomic E-state index is 0.128. The van der Waals surface area contributed by atoms with Crippen LogP contribution in [0.4, 0.5) is 0 Å². The second-order valence-corrected chi connectivity index (χ2v) is 5.80. The second kappa shape index (κ2) is 8.21. The molecule has 0 saturated heterocycles. The van der Waals surface area contributed by atoms with Gasteiger partial charge in [0.2, 0.25) is 0 Å². The van der Waals surface area contributed by atoms with Gasteiger partial charge in [0.1, 0.15) is 29.4 Å². The Balaban J connectivity index is 1.75. The Morgan fingerprint density at radius 2 is 1.62 bits per heavy atom. The van der Waals surface area contributed by atoms with Crippen LogP contribution in [-0.4, -0.2) is 13.1 Å². The zero-order valence-corrected chi connectivity index (χ0v) is 14.8. The van der Waals surface area contributed by atoms with E-state index in [2.05, 4.69) is 0 Å². The van der Waals surface area contributed by atoms with Crippen LogP contribution in [0.25, 0.3) is 0 Å². The number of hydrogen-bond donors (Lipinski definition) is 0. The van der Waals surface area contributed by atoms with E-state index in [1.54, 1.807) is 25.3 Å². The van der Waals surface area contributed by atoms with E-state index < -0.39 is 5.97 Å². The highest BCUT2D eigenvalue weighted by Gasteiger charge is 2.15. The average molecular weight is 348 g/mol. The molecule has 0 radical (unpaired) electrons. The van der Waals surface area contributed by atoms with E-state index in [1.165, 1.54) is 0 Å². The zero-order chi connectivity index (χ0) is 18.4. The molecule has 0 fully saturated rings. The molecule has 0 atom stereocenters. The van der Waals surface area contributed by atoms with Crippen LogP contribution in [0.15, 0.2) is 72.8 Å². The topological polar surface area (TPSA) is 44.8 Å². The van der Waals surface area contributed by atoms with E-state index in [-0.39, 0.29) is 6.61 Å². The van der Waals surface area contributed by atoms with Crippen molar-refractivity contribution in [3.63, 3.8) is 0 Å². The smallest absolute Gasteiger partial charge is 0.342 e. The van der Waals surface area contributed by atoms with Crippen molar-refractivity contribution in [1.29, 1.82) is 0 Å². The Morgan fingerprint density at radius 1 is 0.885 bits per heavy atom. The number of aryl methyl sites for hydroxylation is 1. The molecule has 0 aliphatic rings. The summed E-state index contributed by atoms with van der Waals surface area (Å²) in [5, 5.41) is 0. The summed E-state index contributed by atoms with van der Waals surface area (Å²) in [6.07, 6.45) is 0. The fourth-order valence-electron chi connectivity index (χ4n) is 2.58. The van der Waals surface area contributed by atoms with Gasteiger partial charge in [-0.1, -0.05) is 42.0 Å². The second-order valence-electron chi connectivity index (χ2n) is 5.80. The maximum Gasteiger partial charge on any atom is 0.342 e. The molecule has 0 heterocycles. The third kappa shape index (κ3) is 4.22. The van der Waals surface area contributed by atoms with E-state index in [4.69, 9.17) is 14.2 Å². The summed E-state index contributed by atoms with van der Waals surface area (Å²) in [7, 11) is 1.60. The van der Waals surface area contributed by atoms with Gasteiger partial charge in [-0.2, -0.15) is 0 Å². The number of rotatable bonds is 6. The Kier molecular flexibility index (Phi) is 5.54. The van der Waals surface area contributed by atoms with Crippen molar-refractivity contribution in [2.24, 2.45) is 0 Å². The Bertz CT molecular complexity index is 888. The van der Waals surface area contributed by atoms with Gasteiger partial charge < -0.3 is 14.2 Å². The highest BCUT2D eigenvalue weighted by atomic mass is 16.5. The standard InChI is InChI=1S/C22H20O4/c1-16-12-13-20(24-2)17(14-16)15-25-22(23)19-10-6-7-11-21(19)26-18-8-4-3-5-9-18/h3-14H,15H2,1-2H3. The molecule has 0 bridgehead atoms. The van der Waals surface area contributed by atoms with Gasteiger partial charge in [0.05, 0.1) is 7.11 Å². The maximum atomic E-state index is 12.6. The Hall–Kier alpha value is -3.27. The number of para-hydroxylation sites is 2. The Labute approximate surface area is 153 Å². The van der Waals surface area contributed by atoms with E-state index >= 15 is 0 Å². The van der Waals surface area contributed by atoms with E-state index in [1.807, 2.05) is 61.5 Å². The maximum absolute atomic E-state index is 12.6. The summed E-state index contributed by atoms with van der Waals surface area (Å²) in [5.41, 5.74) is 2.27. The molecule has 4 nitrogen and oxygen atoms in total. The summed E-state index contributed by atoms with van der Waals surface area (Å²) < 4.78 is 16.6. The molecule has 26 heavy (non-hydrogen) atoms. The third-order valence-electron chi connectivity index (χ3n) is 3.87. The lowest BCUT2D eigenvalue weighted by atomic mass is 10.1. The van der Waals surface area contributed by atoms with Crippen molar-refractivity contribution >= 4 is 5.97 Å². The minimum atomic E-state index is -0.444. The quantitative estimate of drug-likeness (QED) is 0.578. The number of carbonyl (C=O) groups excluding carboxylic acids is 1. The van der Waals surface area contributed by atoms with Crippen LogP contribution in [0.2, 0.25) is 0 Å². The molecule has 3 aromatic rings. The van der Waals surface area contributed by atoms with Gasteiger partial charge in [-0.3, -0.25) is 0 Å². The lowest BCUT2D eigenvalue weighted by Gasteiger charge is -2.12. The number of ether oxygens (including phenoxy) is 3. The lowest BCUT2D eigenvalue weighted by Crippen LogP contribution is -2.07. The number of methoxy groups -OCH3 is 1. The van der Waals surface area contributed by atoms with Crippen LogP contribution in [0.5, 0.6) is 17.2 Å². The molecule has 0 saturated carbocycles. The first-order chi connectivity index (χ1) is 12.7. The van der Waals surface area contributed by atoms with Crippen molar-refractivity contribution in [2.75, 3.05) is 7.11 Å². The van der Waals surface area contributed by atoms with Gasteiger partial charge >= 0.3 is 5.97 Å². The largest absolute Gasteiger partial charge is 0.496 e. The predicted octanol–water partition coefficient (Wildman–Crippen LogP) is 5.15. The summed E-state index contributed by atoms with van der Waals surface area (Å²) in [6, 6.07) is 22.1. The molecule has 4 heteroatoms. The number of esters is 1. The van der Waals surface area contributed by atoms with Crippen molar-refractivity contribution in [3.8, 4) is 17.2 Å². The van der Waals surface area contributed by atoms with Gasteiger partial charge in [0.15, 0.2) is 0 Å². The molecule has 0 N–H and O–H groups in total. The third-order valence-corrected chi connectivity index (χ3v) is 3.87. The van der Waals surface area contributed by atoms with E-state index in [0.29, 0.717) is 22.8 Å². The molecular weight excluding hydrogens is 328 g/mol. The summed E-state index contributed by atoms with van der Waals surface area (Å²) in [4.78, 5) is 12.6. The average Bonchev–Trinajstić information content (AvgIpc) is 2.67. The molecule has 3 aromatic carbocycles. The van der Waals surface area contributed by atoms with Gasteiger partial charge in [0.25, 0.3) is 0 Å². The molecule has 0 aliphatic carbocycles. The summed E-state index contributed by atoms with van der Waals surface area (Å²) in [6.45, 7) is 2.11. The van der Waals surface area contributed by atoms with Crippen molar-refractivity contribution in [2.45, 2.75) is 13.5 Å². The highest BCUT2D eigenvalue weighted by molar-refractivity contribution is 5.92. The summed E-state index contributed by atoms with van der Waals surface area (Å²) >= 11 is 0. The fourth-order valence-corrected chi connectivity index (χ4v) is 2.58. The molecule has 3 rings (SSSR count). The van der Waals surface area contributed by atoms with Crippen LogP contribution < -0.4 is 9.47 Å². The first-order valence-corrected chi connectivity index (χ1v) is 8.30. The molecular formula is C22H20O4. The zero-order valence-electron chi connectivity index (χ0n) is 14.8. The first kappa shape index (κ1) is 17.5. The van der Waals surface area contributed by atoms with Crippen LogP contribution >= 0.6 is 0 Å². The lowest BCUT2D eigenvalue weighted by molar-refractivity contribution is 0.0467. The first-order valence-electron chi connectivity index (χ1n) is 8.30. The van der Waals surface area contributed by atoms with Gasteiger partial charge in [-0.25, -0.2) is 4.79 Å².